The molecule has 2 N–H and O–H groups in total. The summed E-state index contributed by atoms with van der Waals surface area (Å²) in [5, 5.41) is 0. The molecule has 70 valence electrons. The van der Waals surface area contributed by atoms with Gasteiger partial charge in [-0.25, -0.2) is 0 Å². The highest BCUT2D eigenvalue weighted by atomic mass is 14.7. The molecule has 0 aliphatic carbocycles. The first-order chi connectivity index (χ1) is 6.77. The van der Waals surface area contributed by atoms with Crippen molar-refractivity contribution in [1.29, 1.82) is 0 Å². The maximum atomic E-state index is 5.70. The van der Waals surface area contributed by atoms with Crippen molar-refractivity contribution in [2.24, 2.45) is 0 Å². The maximum Gasteiger partial charge on any atom is 0.0706 e. The summed E-state index contributed by atoms with van der Waals surface area (Å²) in [5.41, 5.74) is 9.60. The lowest BCUT2D eigenvalue weighted by molar-refractivity contribution is 1.29. The van der Waals surface area contributed by atoms with Crippen LogP contribution in [0.25, 0.3) is 11.3 Å². The van der Waals surface area contributed by atoms with Crippen molar-refractivity contribution in [2.45, 2.75) is 6.92 Å². The molecule has 14 heavy (non-hydrogen) atoms. The van der Waals surface area contributed by atoms with Crippen LogP contribution in [0.4, 0.5) is 5.69 Å². The van der Waals surface area contributed by atoms with Gasteiger partial charge < -0.3 is 5.73 Å². The number of nitrogens with two attached hydrogens (primary N) is 1. The van der Waals surface area contributed by atoms with Gasteiger partial charge in [0.1, 0.15) is 0 Å². The van der Waals surface area contributed by atoms with Gasteiger partial charge >= 0.3 is 0 Å². The zero-order chi connectivity index (χ0) is 9.97. The van der Waals surface area contributed by atoms with Crippen LogP contribution in [0.1, 0.15) is 5.56 Å². The van der Waals surface area contributed by atoms with Gasteiger partial charge in [-0.05, 0) is 18.6 Å². The number of rotatable bonds is 1. The molecule has 2 aromatic rings. The average molecular weight is 184 g/mol. The summed E-state index contributed by atoms with van der Waals surface area (Å²) in [6.07, 6.45) is 1.71. The van der Waals surface area contributed by atoms with E-state index >= 15 is 0 Å². The van der Waals surface area contributed by atoms with Crippen LogP contribution >= 0.6 is 0 Å². The highest BCUT2D eigenvalue weighted by molar-refractivity contribution is 5.62. The lowest BCUT2D eigenvalue weighted by atomic mass is 10.1. The minimum absolute atomic E-state index is 0.740. The van der Waals surface area contributed by atoms with Crippen molar-refractivity contribution < 1.29 is 0 Å². The van der Waals surface area contributed by atoms with E-state index in [1.54, 1.807) is 6.20 Å². The molecule has 0 radical (unpaired) electrons. The Bertz CT molecular complexity index is 435. The van der Waals surface area contributed by atoms with E-state index in [9.17, 15) is 0 Å². The number of aryl methyl sites for hydroxylation is 1. The number of benzene rings is 1. The van der Waals surface area contributed by atoms with Gasteiger partial charge in [-0.2, -0.15) is 0 Å². The normalized spacial score (nSPS) is 10.1. The van der Waals surface area contributed by atoms with Gasteiger partial charge in [0.2, 0.25) is 0 Å². The van der Waals surface area contributed by atoms with E-state index in [0.29, 0.717) is 0 Å². The second kappa shape index (κ2) is 3.50. The van der Waals surface area contributed by atoms with E-state index in [2.05, 4.69) is 4.98 Å². The molecule has 0 saturated heterocycles. The summed E-state index contributed by atoms with van der Waals surface area (Å²) in [6, 6.07) is 12.1. The van der Waals surface area contributed by atoms with Crippen LogP contribution in [-0.2, 0) is 0 Å². The third kappa shape index (κ3) is 1.59. The minimum Gasteiger partial charge on any atom is -0.397 e. The number of anilines is 1. The third-order valence-electron chi connectivity index (χ3n) is 2.22. The second-order valence-electron chi connectivity index (χ2n) is 3.29. The van der Waals surface area contributed by atoms with Gasteiger partial charge in [-0.1, -0.05) is 30.3 Å². The molecule has 2 rings (SSSR count). The predicted molar refractivity (Wildman–Crippen MR) is 58.8 cm³/mol. The fourth-order valence-electron chi connectivity index (χ4n) is 1.33. The van der Waals surface area contributed by atoms with Crippen LogP contribution in [0.5, 0.6) is 0 Å². The first-order valence-electron chi connectivity index (χ1n) is 4.55. The molecule has 2 heteroatoms. The Hall–Kier alpha value is -1.83. The van der Waals surface area contributed by atoms with Crippen LogP contribution in [0, 0.1) is 6.92 Å². The number of pyridine rings is 1. The lowest BCUT2D eigenvalue weighted by Gasteiger charge is -2.03. The summed E-state index contributed by atoms with van der Waals surface area (Å²) in [5.74, 6) is 0. The van der Waals surface area contributed by atoms with Crippen LogP contribution in [0.15, 0.2) is 42.6 Å². The van der Waals surface area contributed by atoms with Gasteiger partial charge in [0.25, 0.3) is 0 Å². The van der Waals surface area contributed by atoms with Gasteiger partial charge in [0, 0.05) is 5.56 Å². The Morgan fingerprint density at radius 2 is 1.86 bits per heavy atom. The molecule has 0 spiro atoms. The zero-order valence-electron chi connectivity index (χ0n) is 8.07. The third-order valence-corrected chi connectivity index (χ3v) is 2.22. The Labute approximate surface area is 83.4 Å². The van der Waals surface area contributed by atoms with Crippen molar-refractivity contribution >= 4 is 5.69 Å². The Kier molecular flexibility index (Phi) is 2.19. The minimum atomic E-state index is 0.740. The molecule has 0 amide bonds. The van der Waals surface area contributed by atoms with Gasteiger partial charge in [0.15, 0.2) is 0 Å². The number of hydrogen-bond acceptors (Lipinski definition) is 2. The van der Waals surface area contributed by atoms with E-state index in [1.807, 2.05) is 43.3 Å². The molecule has 1 aromatic heterocycles. The van der Waals surface area contributed by atoms with Crippen molar-refractivity contribution in [2.75, 3.05) is 5.73 Å². The van der Waals surface area contributed by atoms with Crippen molar-refractivity contribution in [1.82, 2.24) is 4.98 Å². The SMILES string of the molecule is Cc1cc(-c2ccccc2)ncc1N. The summed E-state index contributed by atoms with van der Waals surface area (Å²) in [6.45, 7) is 1.99. The quantitative estimate of drug-likeness (QED) is 0.740. The lowest BCUT2D eigenvalue weighted by Crippen LogP contribution is -1.92. The summed E-state index contributed by atoms with van der Waals surface area (Å²) < 4.78 is 0. The molecule has 0 aliphatic rings. The summed E-state index contributed by atoms with van der Waals surface area (Å²) in [7, 11) is 0. The molecule has 0 bridgehead atoms. The molecule has 1 heterocycles. The summed E-state index contributed by atoms with van der Waals surface area (Å²) >= 11 is 0. The Balaban J connectivity index is 2.48. The smallest absolute Gasteiger partial charge is 0.0706 e. The second-order valence-corrected chi connectivity index (χ2v) is 3.29. The van der Waals surface area contributed by atoms with Crippen LogP contribution in [0.3, 0.4) is 0 Å². The summed E-state index contributed by atoms with van der Waals surface area (Å²) in [4.78, 5) is 4.28. The van der Waals surface area contributed by atoms with E-state index < -0.39 is 0 Å². The Morgan fingerprint density at radius 3 is 2.50 bits per heavy atom. The molecule has 0 atom stereocenters. The molecule has 0 saturated carbocycles. The molecule has 0 fully saturated rings. The molecular weight excluding hydrogens is 172 g/mol. The fraction of sp³-hybridized carbons (Fsp3) is 0.0833. The average Bonchev–Trinajstić information content (AvgIpc) is 2.23. The number of nitrogen functional groups attached to an aromatic ring is 1. The standard InChI is InChI=1S/C12H12N2/c1-9-7-12(14-8-11(9)13)10-5-3-2-4-6-10/h2-8H,13H2,1H3. The van der Waals surface area contributed by atoms with Crippen molar-refractivity contribution in [3.05, 3.63) is 48.2 Å². The van der Waals surface area contributed by atoms with Crippen molar-refractivity contribution in [3.63, 3.8) is 0 Å². The maximum absolute atomic E-state index is 5.70. The van der Waals surface area contributed by atoms with E-state index in [1.165, 1.54) is 0 Å². The molecule has 2 nitrogen and oxygen atoms in total. The zero-order valence-corrected chi connectivity index (χ0v) is 8.07. The molecular formula is C12H12N2. The number of hydrogen-bond donors (Lipinski definition) is 1. The first kappa shape index (κ1) is 8.75. The van der Waals surface area contributed by atoms with Crippen LogP contribution in [-0.4, -0.2) is 4.98 Å². The van der Waals surface area contributed by atoms with Crippen molar-refractivity contribution in [3.8, 4) is 11.3 Å². The van der Waals surface area contributed by atoms with E-state index in [4.69, 9.17) is 5.73 Å². The van der Waals surface area contributed by atoms with Crippen LogP contribution in [0.2, 0.25) is 0 Å². The molecule has 0 unspecified atom stereocenters. The number of aromatic nitrogens is 1. The first-order valence-corrected chi connectivity index (χ1v) is 4.55. The largest absolute Gasteiger partial charge is 0.397 e. The van der Waals surface area contributed by atoms with Gasteiger partial charge in [-0.3, -0.25) is 4.98 Å². The number of nitrogens with zero attached hydrogens (tertiary/aromatic N) is 1. The molecule has 1 aromatic carbocycles. The van der Waals surface area contributed by atoms with E-state index in [-0.39, 0.29) is 0 Å². The Morgan fingerprint density at radius 1 is 1.14 bits per heavy atom. The van der Waals surface area contributed by atoms with Gasteiger partial charge in [-0.15, -0.1) is 0 Å². The highest BCUT2D eigenvalue weighted by Crippen LogP contribution is 2.19. The predicted octanol–water partition coefficient (Wildman–Crippen LogP) is 2.64. The van der Waals surface area contributed by atoms with Gasteiger partial charge in [0.05, 0.1) is 17.6 Å². The monoisotopic (exact) mass is 184 g/mol. The van der Waals surface area contributed by atoms with Crippen LogP contribution < -0.4 is 5.73 Å². The fourth-order valence-corrected chi connectivity index (χ4v) is 1.33. The van der Waals surface area contributed by atoms with E-state index in [0.717, 1.165) is 22.5 Å². The topological polar surface area (TPSA) is 38.9 Å². The molecule has 0 aliphatic heterocycles. The highest BCUT2D eigenvalue weighted by Gasteiger charge is 1.99.